The molecule has 2 heterocycles. The zero-order valence-corrected chi connectivity index (χ0v) is 17.0. The van der Waals surface area contributed by atoms with Crippen molar-refractivity contribution in [2.45, 2.75) is 45.6 Å². The highest BCUT2D eigenvalue weighted by Gasteiger charge is 2.57. The number of nitrogens with one attached hydrogen (secondary N) is 2. The number of anilines is 1. The summed E-state index contributed by atoms with van der Waals surface area (Å²) in [5.41, 5.74) is -0.167. The quantitative estimate of drug-likeness (QED) is 0.599. The van der Waals surface area contributed by atoms with Crippen LogP contribution in [0.4, 0.5) is 19.3 Å². The van der Waals surface area contributed by atoms with E-state index in [0.29, 0.717) is 22.3 Å². The minimum absolute atomic E-state index is 0.156. The van der Waals surface area contributed by atoms with Crippen molar-refractivity contribution in [3.8, 4) is 11.3 Å². The number of H-pyrrole nitrogens is 1. The first-order valence-electron chi connectivity index (χ1n) is 9.73. The summed E-state index contributed by atoms with van der Waals surface area (Å²) in [6.45, 7) is 5.31. The molecule has 0 spiro atoms. The van der Waals surface area contributed by atoms with Gasteiger partial charge >= 0.3 is 6.09 Å². The third-order valence-electron chi connectivity index (χ3n) is 5.25. The molecule has 30 heavy (non-hydrogen) atoms. The Morgan fingerprint density at radius 1 is 1.20 bits per heavy atom. The van der Waals surface area contributed by atoms with Gasteiger partial charge < -0.3 is 15.0 Å². The van der Waals surface area contributed by atoms with Crippen LogP contribution in [0.3, 0.4) is 0 Å². The summed E-state index contributed by atoms with van der Waals surface area (Å²) < 4.78 is 33.7. The Morgan fingerprint density at radius 2 is 1.93 bits per heavy atom. The van der Waals surface area contributed by atoms with Crippen LogP contribution in [0.15, 0.2) is 42.7 Å². The van der Waals surface area contributed by atoms with Gasteiger partial charge in [-0.2, -0.15) is 0 Å². The van der Waals surface area contributed by atoms with Gasteiger partial charge in [0.25, 0.3) is 6.43 Å². The normalized spacial score (nSPS) is 15.4. The number of carbonyl (C=O) groups excluding carboxylic acids is 2. The molecule has 0 atom stereocenters. The summed E-state index contributed by atoms with van der Waals surface area (Å²) >= 11 is 0. The molecule has 0 bridgehead atoms. The molecule has 158 valence electrons. The van der Waals surface area contributed by atoms with E-state index in [2.05, 4.69) is 10.3 Å². The minimum atomic E-state index is -2.72. The number of alkyl halides is 2. The van der Waals surface area contributed by atoms with Gasteiger partial charge in [-0.25, -0.2) is 13.6 Å². The van der Waals surface area contributed by atoms with Crippen LogP contribution in [0, 0.1) is 5.41 Å². The van der Waals surface area contributed by atoms with Crippen molar-refractivity contribution in [2.24, 2.45) is 5.41 Å². The number of hydrogen-bond acceptors (Lipinski definition) is 3. The van der Waals surface area contributed by atoms with Crippen LogP contribution >= 0.6 is 0 Å². The van der Waals surface area contributed by atoms with E-state index >= 15 is 0 Å². The maximum Gasteiger partial charge on any atom is 0.418 e. The van der Waals surface area contributed by atoms with Gasteiger partial charge in [0.15, 0.2) is 0 Å². The van der Waals surface area contributed by atoms with E-state index in [0.717, 1.165) is 5.52 Å². The van der Waals surface area contributed by atoms with Crippen LogP contribution in [-0.2, 0) is 9.53 Å². The van der Waals surface area contributed by atoms with Crippen molar-refractivity contribution in [3.05, 3.63) is 42.7 Å². The monoisotopic (exact) mass is 415 g/mol. The minimum Gasteiger partial charge on any atom is -0.443 e. The number of halogens is 2. The summed E-state index contributed by atoms with van der Waals surface area (Å²) in [6, 6.07) is 8.72. The SMILES string of the molecule is CC(C)(C)OC(=O)n1cccc1-c1ccc2[nH]ccc2c1NC(=O)C1(C(F)F)CC1. The van der Waals surface area contributed by atoms with E-state index in [1.54, 1.807) is 57.4 Å². The zero-order chi connectivity index (χ0) is 21.7. The maximum atomic E-state index is 13.5. The largest absolute Gasteiger partial charge is 0.443 e. The Kier molecular flexibility index (Phi) is 4.67. The van der Waals surface area contributed by atoms with Gasteiger partial charge in [-0.15, -0.1) is 0 Å². The molecule has 1 amide bonds. The van der Waals surface area contributed by atoms with Gasteiger partial charge in [0.1, 0.15) is 11.0 Å². The molecule has 8 heteroatoms. The molecule has 6 nitrogen and oxygen atoms in total. The van der Waals surface area contributed by atoms with Crippen molar-refractivity contribution in [1.29, 1.82) is 0 Å². The average molecular weight is 415 g/mol. The lowest BCUT2D eigenvalue weighted by molar-refractivity contribution is -0.126. The van der Waals surface area contributed by atoms with Gasteiger partial charge in [0, 0.05) is 28.9 Å². The standard InChI is InChI=1S/C22H23F2N3O3/c1-21(2,3)30-20(29)27-12-4-5-16(27)14-6-7-15-13(8-11-25-15)17(14)26-19(28)22(9-10-22)18(23)24/h4-8,11-12,18,25H,9-10H2,1-3H3,(H,26,28). The molecule has 0 unspecified atom stereocenters. The number of rotatable bonds is 4. The van der Waals surface area contributed by atoms with E-state index in [-0.39, 0.29) is 12.8 Å². The summed E-state index contributed by atoms with van der Waals surface area (Å²) in [4.78, 5) is 28.5. The Hall–Kier alpha value is -3.16. The fourth-order valence-corrected chi connectivity index (χ4v) is 3.47. The Bertz CT molecular complexity index is 1120. The van der Waals surface area contributed by atoms with Crippen molar-refractivity contribution in [3.63, 3.8) is 0 Å². The smallest absolute Gasteiger partial charge is 0.418 e. The highest BCUT2D eigenvalue weighted by Crippen LogP contribution is 2.52. The topological polar surface area (TPSA) is 76.1 Å². The van der Waals surface area contributed by atoms with Crippen molar-refractivity contribution < 1.29 is 23.1 Å². The second-order valence-electron chi connectivity index (χ2n) is 8.58. The lowest BCUT2D eigenvalue weighted by Gasteiger charge is -2.21. The molecule has 0 aliphatic heterocycles. The average Bonchev–Trinajstić information content (AvgIpc) is 3.10. The number of aromatic amines is 1. The van der Waals surface area contributed by atoms with E-state index in [9.17, 15) is 18.4 Å². The molecule has 0 radical (unpaired) electrons. The van der Waals surface area contributed by atoms with Crippen LogP contribution in [-0.4, -0.2) is 33.6 Å². The molecule has 2 N–H and O–H groups in total. The van der Waals surface area contributed by atoms with Crippen LogP contribution in [0.2, 0.25) is 0 Å². The van der Waals surface area contributed by atoms with E-state index < -0.39 is 29.4 Å². The molecule has 1 fully saturated rings. The van der Waals surface area contributed by atoms with Crippen LogP contribution in [0.1, 0.15) is 33.6 Å². The Labute approximate surface area is 172 Å². The Balaban J connectivity index is 1.78. The predicted molar refractivity (Wildman–Crippen MR) is 110 cm³/mol. The summed E-state index contributed by atoms with van der Waals surface area (Å²) in [6.07, 6.45) is 0.290. The lowest BCUT2D eigenvalue weighted by atomic mass is 10.0. The van der Waals surface area contributed by atoms with Gasteiger partial charge in [-0.3, -0.25) is 9.36 Å². The molecular formula is C22H23F2N3O3. The summed E-state index contributed by atoms with van der Waals surface area (Å²) in [5, 5.41) is 3.39. The molecule has 4 rings (SSSR count). The predicted octanol–water partition coefficient (Wildman–Crippen LogP) is 5.40. The van der Waals surface area contributed by atoms with Crippen molar-refractivity contribution in [1.82, 2.24) is 9.55 Å². The van der Waals surface area contributed by atoms with Crippen molar-refractivity contribution >= 4 is 28.6 Å². The number of ether oxygens (including phenoxy) is 1. The number of aromatic nitrogens is 2. The molecule has 3 aromatic rings. The number of fused-ring (bicyclic) bond motifs is 1. The van der Waals surface area contributed by atoms with E-state index in [4.69, 9.17) is 4.74 Å². The third kappa shape index (κ3) is 3.46. The van der Waals surface area contributed by atoms with Crippen LogP contribution < -0.4 is 5.32 Å². The molecule has 2 aromatic heterocycles. The van der Waals surface area contributed by atoms with Crippen LogP contribution in [0.25, 0.3) is 22.2 Å². The van der Waals surface area contributed by atoms with E-state index in [1.165, 1.54) is 4.57 Å². The highest BCUT2D eigenvalue weighted by atomic mass is 19.3. The van der Waals surface area contributed by atoms with Crippen LogP contribution in [0.5, 0.6) is 0 Å². The third-order valence-corrected chi connectivity index (χ3v) is 5.25. The molecule has 1 aliphatic carbocycles. The molecule has 1 saturated carbocycles. The van der Waals surface area contributed by atoms with Gasteiger partial charge in [0.05, 0.1) is 11.4 Å². The second-order valence-corrected chi connectivity index (χ2v) is 8.58. The zero-order valence-electron chi connectivity index (χ0n) is 17.0. The van der Waals surface area contributed by atoms with Gasteiger partial charge in [0.2, 0.25) is 5.91 Å². The Morgan fingerprint density at radius 3 is 2.57 bits per heavy atom. The number of amides is 1. The molecule has 1 aliphatic rings. The first kappa shape index (κ1) is 20.1. The molecule has 0 saturated heterocycles. The molecular weight excluding hydrogens is 392 g/mol. The lowest BCUT2D eigenvalue weighted by Crippen LogP contribution is -2.30. The van der Waals surface area contributed by atoms with Gasteiger partial charge in [-0.05, 0) is 63.9 Å². The summed E-state index contributed by atoms with van der Waals surface area (Å²) in [7, 11) is 0. The summed E-state index contributed by atoms with van der Waals surface area (Å²) in [5.74, 6) is -0.706. The van der Waals surface area contributed by atoms with Gasteiger partial charge in [-0.1, -0.05) is 0 Å². The van der Waals surface area contributed by atoms with E-state index in [1.807, 2.05) is 6.07 Å². The fourth-order valence-electron chi connectivity index (χ4n) is 3.47. The highest BCUT2D eigenvalue weighted by molar-refractivity contribution is 6.09. The first-order chi connectivity index (χ1) is 14.1. The number of hydrogen-bond donors (Lipinski definition) is 2. The maximum absolute atomic E-state index is 13.5. The second kappa shape index (κ2) is 6.97. The number of benzene rings is 1. The number of carbonyl (C=O) groups is 2. The first-order valence-corrected chi connectivity index (χ1v) is 9.73. The molecule has 1 aromatic carbocycles. The van der Waals surface area contributed by atoms with Crippen molar-refractivity contribution in [2.75, 3.05) is 5.32 Å². The number of nitrogens with zero attached hydrogens (tertiary/aromatic N) is 1. The fraction of sp³-hybridized carbons (Fsp3) is 0.364.